The fourth-order valence-electron chi connectivity index (χ4n) is 1.11. The van der Waals surface area contributed by atoms with Crippen molar-refractivity contribution in [3.63, 3.8) is 0 Å². The predicted octanol–water partition coefficient (Wildman–Crippen LogP) is 0.625. The molecule has 0 saturated heterocycles. The lowest BCUT2D eigenvalue weighted by Crippen LogP contribution is -2.05. The summed E-state index contributed by atoms with van der Waals surface area (Å²) in [6.07, 6.45) is 4.95. The first-order valence-electron chi connectivity index (χ1n) is 4.14. The van der Waals surface area contributed by atoms with E-state index in [2.05, 4.69) is 20.2 Å². The Morgan fingerprint density at radius 1 is 1.36 bits per heavy atom. The lowest BCUT2D eigenvalue weighted by molar-refractivity contribution is 0.0983. The summed E-state index contributed by atoms with van der Waals surface area (Å²) in [6.45, 7) is 0. The number of pyridine rings is 1. The number of carbonyl (C=O) groups excluding carboxylic acids is 1. The minimum atomic E-state index is -0.0753. The molecule has 0 amide bonds. The summed E-state index contributed by atoms with van der Waals surface area (Å²) in [5.74, 6) is 0.218. The van der Waals surface area contributed by atoms with Gasteiger partial charge in [-0.2, -0.15) is 5.10 Å². The third-order valence-electron chi connectivity index (χ3n) is 1.79. The summed E-state index contributed by atoms with van der Waals surface area (Å²) in [7, 11) is 0. The van der Waals surface area contributed by atoms with Crippen molar-refractivity contribution in [2.24, 2.45) is 0 Å². The van der Waals surface area contributed by atoms with Crippen LogP contribution in [0, 0.1) is 0 Å². The largest absolute Gasteiger partial charge is 0.290 e. The fourth-order valence-corrected chi connectivity index (χ4v) is 1.11. The Balaban J connectivity index is 2.10. The van der Waals surface area contributed by atoms with Crippen molar-refractivity contribution in [1.29, 1.82) is 0 Å². The van der Waals surface area contributed by atoms with Gasteiger partial charge in [0.1, 0.15) is 6.33 Å². The van der Waals surface area contributed by atoms with E-state index in [-0.39, 0.29) is 5.78 Å². The Hall–Kier alpha value is -2.04. The highest BCUT2D eigenvalue weighted by Crippen LogP contribution is 2.01. The van der Waals surface area contributed by atoms with E-state index in [9.17, 15) is 4.79 Å². The third kappa shape index (κ3) is 1.82. The van der Waals surface area contributed by atoms with Crippen LogP contribution >= 0.6 is 0 Å². The van der Waals surface area contributed by atoms with Gasteiger partial charge < -0.3 is 0 Å². The van der Waals surface area contributed by atoms with Crippen molar-refractivity contribution in [3.05, 3.63) is 42.2 Å². The molecule has 1 N–H and O–H groups in total. The molecule has 2 aromatic rings. The Labute approximate surface area is 80.2 Å². The zero-order chi connectivity index (χ0) is 9.80. The van der Waals surface area contributed by atoms with Crippen LogP contribution in [0.2, 0.25) is 0 Å². The molecule has 14 heavy (non-hydrogen) atoms. The maximum Gasteiger partial charge on any atom is 0.203 e. The molecule has 0 bridgehead atoms. The number of rotatable bonds is 3. The molecule has 5 nitrogen and oxygen atoms in total. The van der Waals surface area contributed by atoms with Gasteiger partial charge in [-0.25, -0.2) is 4.98 Å². The standard InChI is InChI=1S/C9H8N4O/c14-8(9-11-6-12-13-9)5-7-1-3-10-4-2-7/h1-4,6H,5H2,(H,11,12,13). The number of H-pyrrole nitrogens is 1. The first kappa shape index (κ1) is 8.55. The van der Waals surface area contributed by atoms with Gasteiger partial charge in [0.2, 0.25) is 5.78 Å². The summed E-state index contributed by atoms with van der Waals surface area (Å²) in [5.41, 5.74) is 0.918. The summed E-state index contributed by atoms with van der Waals surface area (Å²) < 4.78 is 0. The number of aromatic amines is 1. The molecule has 0 saturated carbocycles. The Bertz CT molecular complexity index is 410. The number of hydrogen-bond acceptors (Lipinski definition) is 4. The highest BCUT2D eigenvalue weighted by atomic mass is 16.1. The van der Waals surface area contributed by atoms with Gasteiger partial charge in [-0.1, -0.05) is 0 Å². The Morgan fingerprint density at radius 2 is 2.14 bits per heavy atom. The van der Waals surface area contributed by atoms with Crippen molar-refractivity contribution < 1.29 is 4.79 Å². The maximum absolute atomic E-state index is 11.5. The molecule has 0 radical (unpaired) electrons. The second kappa shape index (κ2) is 3.78. The molecule has 70 valence electrons. The van der Waals surface area contributed by atoms with Crippen LogP contribution in [0.5, 0.6) is 0 Å². The topological polar surface area (TPSA) is 71.5 Å². The zero-order valence-electron chi connectivity index (χ0n) is 7.34. The molecule has 2 heterocycles. The van der Waals surface area contributed by atoms with Gasteiger partial charge in [-0.05, 0) is 17.7 Å². The smallest absolute Gasteiger partial charge is 0.203 e. The summed E-state index contributed by atoms with van der Waals surface area (Å²) in [4.78, 5) is 19.2. The third-order valence-corrected chi connectivity index (χ3v) is 1.79. The highest BCUT2D eigenvalue weighted by molar-refractivity contribution is 5.93. The van der Waals surface area contributed by atoms with E-state index < -0.39 is 0 Å². The van der Waals surface area contributed by atoms with Crippen LogP contribution in [0.25, 0.3) is 0 Å². The van der Waals surface area contributed by atoms with Crippen LogP contribution in [-0.2, 0) is 6.42 Å². The van der Waals surface area contributed by atoms with Gasteiger partial charge in [0.15, 0.2) is 5.82 Å². The first-order valence-corrected chi connectivity index (χ1v) is 4.14. The van der Waals surface area contributed by atoms with Gasteiger partial charge in [-0.3, -0.25) is 14.9 Å². The molecule has 0 spiro atoms. The summed E-state index contributed by atoms with van der Waals surface area (Å²) in [6, 6.07) is 3.60. The molecule has 0 aliphatic rings. The van der Waals surface area contributed by atoms with Gasteiger partial charge in [-0.15, -0.1) is 0 Å². The lowest BCUT2D eigenvalue weighted by Gasteiger charge is -1.96. The van der Waals surface area contributed by atoms with E-state index in [1.807, 2.05) is 0 Å². The van der Waals surface area contributed by atoms with E-state index in [4.69, 9.17) is 0 Å². The molecule has 2 rings (SSSR count). The molecule has 0 aliphatic carbocycles. The van der Waals surface area contributed by atoms with E-state index in [1.54, 1.807) is 24.5 Å². The van der Waals surface area contributed by atoms with Crippen LogP contribution in [0.3, 0.4) is 0 Å². The Morgan fingerprint density at radius 3 is 2.79 bits per heavy atom. The van der Waals surface area contributed by atoms with E-state index in [0.717, 1.165) is 5.56 Å². The van der Waals surface area contributed by atoms with Crippen LogP contribution in [0.4, 0.5) is 0 Å². The molecule has 0 fully saturated rings. The molecular weight excluding hydrogens is 180 g/mol. The molecular formula is C9H8N4O. The number of nitrogens with one attached hydrogen (secondary N) is 1. The van der Waals surface area contributed by atoms with Gasteiger partial charge in [0.25, 0.3) is 0 Å². The average Bonchev–Trinajstić information content (AvgIpc) is 2.72. The zero-order valence-corrected chi connectivity index (χ0v) is 7.34. The van der Waals surface area contributed by atoms with Crippen LogP contribution in [0.1, 0.15) is 16.2 Å². The fraction of sp³-hybridized carbons (Fsp3) is 0.111. The lowest BCUT2D eigenvalue weighted by atomic mass is 10.1. The Kier molecular flexibility index (Phi) is 2.31. The van der Waals surface area contributed by atoms with Gasteiger partial charge in [0, 0.05) is 18.8 Å². The number of Topliss-reactive ketones (excluding diaryl/α,β-unsaturated/α-hetero) is 1. The molecule has 0 aromatic carbocycles. The second-order valence-corrected chi connectivity index (χ2v) is 2.79. The normalized spacial score (nSPS) is 10.0. The SMILES string of the molecule is O=C(Cc1ccncc1)c1ncn[nH]1. The average molecular weight is 188 g/mol. The maximum atomic E-state index is 11.5. The van der Waals surface area contributed by atoms with Crippen LogP contribution in [0.15, 0.2) is 30.9 Å². The minimum Gasteiger partial charge on any atom is -0.290 e. The van der Waals surface area contributed by atoms with Crippen LogP contribution in [-0.4, -0.2) is 25.9 Å². The summed E-state index contributed by atoms with van der Waals surface area (Å²) in [5, 5.41) is 6.15. The molecule has 0 unspecified atom stereocenters. The highest BCUT2D eigenvalue weighted by Gasteiger charge is 2.08. The predicted molar refractivity (Wildman–Crippen MR) is 48.7 cm³/mol. The van der Waals surface area contributed by atoms with Crippen molar-refractivity contribution in [1.82, 2.24) is 20.2 Å². The van der Waals surface area contributed by atoms with Crippen molar-refractivity contribution >= 4 is 5.78 Å². The second-order valence-electron chi connectivity index (χ2n) is 2.79. The number of nitrogens with zero attached hydrogens (tertiary/aromatic N) is 3. The minimum absolute atomic E-state index is 0.0753. The number of ketones is 1. The van der Waals surface area contributed by atoms with E-state index in [0.29, 0.717) is 12.2 Å². The van der Waals surface area contributed by atoms with Gasteiger partial charge >= 0.3 is 0 Å². The van der Waals surface area contributed by atoms with Crippen molar-refractivity contribution in [3.8, 4) is 0 Å². The number of aromatic nitrogens is 4. The first-order chi connectivity index (χ1) is 6.86. The molecule has 2 aromatic heterocycles. The monoisotopic (exact) mass is 188 g/mol. The molecule has 0 aliphatic heterocycles. The van der Waals surface area contributed by atoms with Gasteiger partial charge in [0.05, 0.1) is 0 Å². The van der Waals surface area contributed by atoms with E-state index >= 15 is 0 Å². The quantitative estimate of drug-likeness (QED) is 0.717. The van der Waals surface area contributed by atoms with E-state index in [1.165, 1.54) is 6.33 Å². The van der Waals surface area contributed by atoms with Crippen LogP contribution < -0.4 is 0 Å². The van der Waals surface area contributed by atoms with Crippen molar-refractivity contribution in [2.75, 3.05) is 0 Å². The summed E-state index contributed by atoms with van der Waals surface area (Å²) >= 11 is 0. The number of hydrogen-bond donors (Lipinski definition) is 1. The molecule has 0 atom stereocenters. The number of carbonyl (C=O) groups is 1. The van der Waals surface area contributed by atoms with Crippen molar-refractivity contribution in [2.45, 2.75) is 6.42 Å². The molecule has 5 heteroatoms.